The molecule has 9 heteroatoms. The third-order valence-electron chi connectivity index (χ3n) is 7.97. The molecule has 1 saturated carbocycles. The molecule has 0 unspecified atom stereocenters. The molecule has 198 valence electrons. The third kappa shape index (κ3) is 5.07. The van der Waals surface area contributed by atoms with Gasteiger partial charge in [-0.1, -0.05) is 35.5 Å². The Morgan fingerprint density at radius 1 is 1.00 bits per heavy atom. The standard InChI is InChI=1S/C29H30F2N4O3/c30-20-8-9-21(23(31)14-20)27-15-25(33-38-27)28(36)32-24-10-12-34(16-18-6-7-18)17-22(24)29(37)35-13-11-26(35)19-4-2-1-3-5-19/h1-5,8-9,14-15,18,22,24,26H,6-7,10-13,16-17H2,(H,32,36)/t22-,24-,26-/m0/s1. The van der Waals surface area contributed by atoms with Gasteiger partial charge in [0.15, 0.2) is 11.5 Å². The smallest absolute Gasteiger partial charge is 0.273 e. The van der Waals surface area contributed by atoms with Crippen molar-refractivity contribution >= 4 is 11.8 Å². The fraction of sp³-hybridized carbons (Fsp3) is 0.414. The number of nitrogens with zero attached hydrogens (tertiary/aromatic N) is 3. The molecule has 3 atom stereocenters. The predicted octanol–water partition coefficient (Wildman–Crippen LogP) is 4.42. The molecular formula is C29H30F2N4O3. The SMILES string of the molecule is O=C(N[C@H]1CCN(CC2CC2)C[C@@H]1C(=O)N1CC[C@H]1c1ccccc1)c1cc(-c2ccc(F)cc2F)on1. The van der Waals surface area contributed by atoms with Gasteiger partial charge in [-0.3, -0.25) is 9.59 Å². The van der Waals surface area contributed by atoms with Crippen LogP contribution < -0.4 is 5.32 Å². The molecule has 3 fully saturated rings. The number of nitrogens with one attached hydrogen (secondary N) is 1. The first-order valence-corrected chi connectivity index (χ1v) is 13.3. The largest absolute Gasteiger partial charge is 0.355 e. The van der Waals surface area contributed by atoms with Gasteiger partial charge in [0, 0.05) is 44.4 Å². The number of aromatic nitrogens is 1. The minimum Gasteiger partial charge on any atom is -0.355 e. The van der Waals surface area contributed by atoms with E-state index < -0.39 is 17.5 Å². The Hall–Kier alpha value is -3.59. The Balaban J connectivity index is 1.18. The molecular weight excluding hydrogens is 490 g/mol. The van der Waals surface area contributed by atoms with E-state index >= 15 is 0 Å². The molecule has 3 aliphatic rings. The summed E-state index contributed by atoms with van der Waals surface area (Å²) >= 11 is 0. The Labute approximate surface area is 219 Å². The van der Waals surface area contributed by atoms with E-state index in [2.05, 4.69) is 27.5 Å². The van der Waals surface area contributed by atoms with Crippen LogP contribution in [0, 0.1) is 23.5 Å². The molecule has 7 nitrogen and oxygen atoms in total. The highest BCUT2D eigenvalue weighted by Gasteiger charge is 2.43. The number of halogens is 2. The van der Waals surface area contributed by atoms with Gasteiger partial charge in [-0.05, 0) is 49.3 Å². The van der Waals surface area contributed by atoms with Crippen LogP contribution >= 0.6 is 0 Å². The average Bonchev–Trinajstić information content (AvgIpc) is 3.56. The normalized spacial score (nSPS) is 23.6. The van der Waals surface area contributed by atoms with Crippen LogP contribution in [-0.2, 0) is 4.79 Å². The summed E-state index contributed by atoms with van der Waals surface area (Å²) in [5.74, 6) is -1.56. The molecule has 0 bridgehead atoms. The van der Waals surface area contributed by atoms with E-state index in [9.17, 15) is 18.4 Å². The van der Waals surface area contributed by atoms with Gasteiger partial charge < -0.3 is 19.6 Å². The number of hydrogen-bond donors (Lipinski definition) is 1. The highest BCUT2D eigenvalue weighted by atomic mass is 19.1. The van der Waals surface area contributed by atoms with Crippen molar-refractivity contribution in [3.05, 3.63) is 77.5 Å². The van der Waals surface area contributed by atoms with Gasteiger partial charge >= 0.3 is 0 Å². The number of carbonyl (C=O) groups excluding carboxylic acids is 2. The Bertz CT molecular complexity index is 1330. The van der Waals surface area contributed by atoms with Crippen molar-refractivity contribution in [1.82, 2.24) is 20.3 Å². The summed E-state index contributed by atoms with van der Waals surface area (Å²) in [7, 11) is 0. The zero-order chi connectivity index (χ0) is 26.2. The monoisotopic (exact) mass is 520 g/mol. The Morgan fingerprint density at radius 2 is 1.82 bits per heavy atom. The second kappa shape index (κ2) is 10.3. The molecule has 2 aromatic carbocycles. The third-order valence-corrected chi connectivity index (χ3v) is 7.97. The number of hydrogen-bond acceptors (Lipinski definition) is 5. The first kappa shape index (κ1) is 24.7. The minimum atomic E-state index is -0.802. The zero-order valence-corrected chi connectivity index (χ0v) is 21.0. The van der Waals surface area contributed by atoms with E-state index in [-0.39, 0.29) is 40.9 Å². The maximum atomic E-state index is 14.2. The zero-order valence-electron chi connectivity index (χ0n) is 21.0. The van der Waals surface area contributed by atoms with E-state index in [4.69, 9.17) is 4.52 Å². The molecule has 0 spiro atoms. The number of rotatable bonds is 7. The van der Waals surface area contributed by atoms with Gasteiger partial charge in [0.2, 0.25) is 5.91 Å². The second-order valence-corrected chi connectivity index (χ2v) is 10.6. The van der Waals surface area contributed by atoms with Crippen LogP contribution in [0.1, 0.15) is 47.8 Å². The van der Waals surface area contributed by atoms with Gasteiger partial charge in [-0.2, -0.15) is 0 Å². The summed E-state index contributed by atoms with van der Waals surface area (Å²) in [6.07, 6.45) is 4.05. The van der Waals surface area contributed by atoms with Crippen LogP contribution in [0.2, 0.25) is 0 Å². The lowest BCUT2D eigenvalue weighted by atomic mass is 9.86. The molecule has 6 rings (SSSR count). The fourth-order valence-electron chi connectivity index (χ4n) is 5.60. The topological polar surface area (TPSA) is 78.7 Å². The summed E-state index contributed by atoms with van der Waals surface area (Å²) in [5, 5.41) is 6.83. The van der Waals surface area contributed by atoms with E-state index in [1.54, 1.807) is 0 Å². The number of benzene rings is 2. The molecule has 38 heavy (non-hydrogen) atoms. The molecule has 2 amide bonds. The lowest BCUT2D eigenvalue weighted by Gasteiger charge is -2.46. The van der Waals surface area contributed by atoms with E-state index in [1.807, 2.05) is 23.1 Å². The predicted molar refractivity (Wildman–Crippen MR) is 136 cm³/mol. The van der Waals surface area contributed by atoms with Gasteiger partial charge in [-0.25, -0.2) is 8.78 Å². The summed E-state index contributed by atoms with van der Waals surface area (Å²) in [6, 6.07) is 14.2. The summed E-state index contributed by atoms with van der Waals surface area (Å²) in [4.78, 5) is 31.3. The summed E-state index contributed by atoms with van der Waals surface area (Å²) in [6.45, 7) is 3.10. The van der Waals surface area contributed by atoms with Crippen molar-refractivity contribution < 1.29 is 22.9 Å². The number of likely N-dealkylation sites (tertiary alicyclic amines) is 2. The lowest BCUT2D eigenvalue weighted by Crippen LogP contribution is -2.59. The quantitative estimate of drug-likeness (QED) is 0.499. The maximum absolute atomic E-state index is 14.2. The Kier molecular flexibility index (Phi) is 6.69. The van der Waals surface area contributed by atoms with Crippen LogP contribution in [0.4, 0.5) is 8.78 Å². The summed E-state index contributed by atoms with van der Waals surface area (Å²) in [5.41, 5.74) is 1.13. The van der Waals surface area contributed by atoms with E-state index in [1.165, 1.54) is 25.0 Å². The van der Waals surface area contributed by atoms with Gasteiger partial charge in [0.25, 0.3) is 5.91 Å². The van der Waals surface area contributed by atoms with Crippen LogP contribution in [-0.4, -0.2) is 59.0 Å². The minimum absolute atomic E-state index is 0.0125. The molecule has 2 aliphatic heterocycles. The molecule has 1 aromatic heterocycles. The highest BCUT2D eigenvalue weighted by Crippen LogP contribution is 2.37. The van der Waals surface area contributed by atoms with Crippen LogP contribution in [0.3, 0.4) is 0 Å². The molecule has 0 radical (unpaired) electrons. The van der Waals surface area contributed by atoms with Crippen molar-refractivity contribution in [3.8, 4) is 11.3 Å². The Morgan fingerprint density at radius 3 is 2.53 bits per heavy atom. The average molecular weight is 521 g/mol. The van der Waals surface area contributed by atoms with Crippen molar-refractivity contribution in [1.29, 1.82) is 0 Å². The molecule has 2 saturated heterocycles. The summed E-state index contributed by atoms with van der Waals surface area (Å²) < 4.78 is 32.7. The molecule has 1 aliphatic carbocycles. The fourth-order valence-corrected chi connectivity index (χ4v) is 5.60. The second-order valence-electron chi connectivity index (χ2n) is 10.6. The van der Waals surface area contributed by atoms with E-state index in [0.717, 1.165) is 37.2 Å². The van der Waals surface area contributed by atoms with Gasteiger partial charge in [-0.15, -0.1) is 0 Å². The van der Waals surface area contributed by atoms with Crippen molar-refractivity contribution in [3.63, 3.8) is 0 Å². The first-order chi connectivity index (χ1) is 18.5. The molecule has 3 aromatic rings. The van der Waals surface area contributed by atoms with Crippen LogP contribution in [0.5, 0.6) is 0 Å². The molecule has 3 heterocycles. The number of amides is 2. The lowest BCUT2D eigenvalue weighted by molar-refractivity contribution is -0.146. The maximum Gasteiger partial charge on any atom is 0.273 e. The number of piperidine rings is 1. The van der Waals surface area contributed by atoms with Crippen molar-refractivity contribution in [2.75, 3.05) is 26.2 Å². The van der Waals surface area contributed by atoms with E-state index in [0.29, 0.717) is 25.4 Å². The van der Waals surface area contributed by atoms with Crippen molar-refractivity contribution in [2.24, 2.45) is 11.8 Å². The number of carbonyl (C=O) groups is 2. The van der Waals surface area contributed by atoms with Gasteiger partial charge in [0.1, 0.15) is 11.6 Å². The highest BCUT2D eigenvalue weighted by molar-refractivity contribution is 5.94. The first-order valence-electron chi connectivity index (χ1n) is 13.3. The van der Waals surface area contributed by atoms with Crippen molar-refractivity contribution in [2.45, 2.75) is 37.8 Å². The van der Waals surface area contributed by atoms with Crippen LogP contribution in [0.15, 0.2) is 59.1 Å². The van der Waals surface area contributed by atoms with Gasteiger partial charge in [0.05, 0.1) is 17.5 Å². The molecule has 1 N–H and O–H groups in total. The van der Waals surface area contributed by atoms with Crippen LogP contribution in [0.25, 0.3) is 11.3 Å².